The quantitative estimate of drug-likeness (QED) is 0.182. The summed E-state index contributed by atoms with van der Waals surface area (Å²) < 4.78 is 12.3. The molecule has 0 saturated carbocycles. The van der Waals surface area contributed by atoms with Crippen molar-refractivity contribution in [3.8, 4) is 0 Å². The van der Waals surface area contributed by atoms with E-state index in [1.165, 1.54) is 12.1 Å². The Morgan fingerprint density at radius 2 is 1.17 bits per heavy atom. The van der Waals surface area contributed by atoms with Crippen LogP contribution in [0.3, 0.4) is 0 Å². The lowest BCUT2D eigenvalue weighted by Crippen LogP contribution is -2.36. The van der Waals surface area contributed by atoms with Crippen LogP contribution < -0.4 is 22.0 Å². The summed E-state index contributed by atoms with van der Waals surface area (Å²) in [5, 5.41) is 62.6. The molecule has 0 radical (unpaired) electrons. The summed E-state index contributed by atoms with van der Waals surface area (Å²) in [5.41, 5.74) is -1.86. The van der Waals surface area contributed by atoms with Crippen LogP contribution in [0, 0.1) is 0 Å². The first kappa shape index (κ1) is 25.8. The van der Waals surface area contributed by atoms with E-state index in [-0.39, 0.29) is 11.6 Å². The van der Waals surface area contributed by atoms with Gasteiger partial charge >= 0.3 is 17.4 Å². The van der Waals surface area contributed by atoms with Crippen LogP contribution in [-0.2, 0) is 9.47 Å². The van der Waals surface area contributed by atoms with Crippen LogP contribution in [0.2, 0.25) is 0 Å². The topological polar surface area (TPSA) is 251 Å². The van der Waals surface area contributed by atoms with Crippen LogP contribution in [0.1, 0.15) is 12.5 Å². The second kappa shape index (κ2) is 10.4. The Morgan fingerprint density at radius 1 is 0.778 bits per heavy atom. The third-order valence-corrected chi connectivity index (χ3v) is 5.73. The molecule has 2 aliphatic rings. The highest BCUT2D eigenvalue weighted by Crippen LogP contribution is 2.29. The SMILES string of the molecule is O=C(Nc1ccn([C@H]2O[C@@H](CO)[C@@H](O)[C@H]2O)c(=O)n1)Nc1ccn([C@H]2O[C@@H](CO)[C@@H](O)[C@H]2O)c(=O)n1. The maximum Gasteiger partial charge on any atom is 0.351 e. The lowest BCUT2D eigenvalue weighted by atomic mass is 10.1. The first-order valence-corrected chi connectivity index (χ1v) is 10.7. The van der Waals surface area contributed by atoms with E-state index in [0.717, 1.165) is 21.5 Å². The predicted molar refractivity (Wildman–Crippen MR) is 116 cm³/mol. The minimum atomic E-state index is -1.49. The zero-order chi connectivity index (χ0) is 26.1. The molecule has 0 spiro atoms. The Bertz CT molecular complexity index is 1130. The van der Waals surface area contributed by atoms with Gasteiger partial charge in [0.2, 0.25) is 0 Å². The molecule has 8 N–H and O–H groups in total. The second-order valence-corrected chi connectivity index (χ2v) is 8.04. The van der Waals surface area contributed by atoms with Gasteiger partial charge in [0, 0.05) is 12.4 Å². The molecule has 196 valence electrons. The number of amides is 2. The van der Waals surface area contributed by atoms with Gasteiger partial charge in [-0.25, -0.2) is 14.4 Å². The third-order valence-electron chi connectivity index (χ3n) is 5.73. The van der Waals surface area contributed by atoms with Crippen molar-refractivity contribution < 1.29 is 44.9 Å². The Kier molecular flexibility index (Phi) is 7.43. The van der Waals surface area contributed by atoms with E-state index in [1.54, 1.807) is 0 Å². The van der Waals surface area contributed by atoms with Crippen molar-refractivity contribution in [2.75, 3.05) is 23.8 Å². The van der Waals surface area contributed by atoms with Crippen molar-refractivity contribution in [2.24, 2.45) is 0 Å². The standard InChI is InChI=1S/C19H24N6O11/c26-5-7-11(28)13(30)15(35-7)24-3-1-9(22-18(24)33)20-17(32)21-10-2-4-25(19(34)23-10)16-14(31)12(29)8(6-27)36-16/h1-4,7-8,11-16,26-31H,5-6H2,(H2,20,21,22,23,32,33,34)/t7-,8-,11+,12+,13+,14+,15-,16-/m0/s1. The highest BCUT2D eigenvalue weighted by atomic mass is 16.6. The molecule has 2 fully saturated rings. The summed E-state index contributed by atoms with van der Waals surface area (Å²) >= 11 is 0. The molecule has 2 aromatic heterocycles. The minimum absolute atomic E-state index is 0.194. The van der Waals surface area contributed by atoms with Gasteiger partial charge in [0.25, 0.3) is 0 Å². The van der Waals surface area contributed by atoms with Crippen LogP contribution in [-0.4, -0.2) is 106 Å². The van der Waals surface area contributed by atoms with Gasteiger partial charge in [-0.1, -0.05) is 0 Å². The van der Waals surface area contributed by atoms with E-state index in [1.807, 2.05) is 0 Å². The number of carbonyl (C=O) groups is 1. The molecule has 0 aliphatic carbocycles. The van der Waals surface area contributed by atoms with E-state index in [0.29, 0.717) is 0 Å². The molecule has 36 heavy (non-hydrogen) atoms. The smallest absolute Gasteiger partial charge is 0.351 e. The van der Waals surface area contributed by atoms with Crippen molar-refractivity contribution in [3.05, 3.63) is 45.5 Å². The van der Waals surface area contributed by atoms with Gasteiger partial charge in [0.1, 0.15) is 48.3 Å². The summed E-state index contributed by atoms with van der Waals surface area (Å²) in [6, 6.07) is 1.51. The van der Waals surface area contributed by atoms with Gasteiger partial charge in [-0.05, 0) is 12.1 Å². The average molecular weight is 512 g/mol. The zero-order valence-corrected chi connectivity index (χ0v) is 18.4. The van der Waals surface area contributed by atoms with E-state index in [9.17, 15) is 34.8 Å². The molecule has 2 aromatic rings. The number of nitrogens with zero attached hydrogens (tertiary/aromatic N) is 4. The number of anilines is 2. The van der Waals surface area contributed by atoms with Gasteiger partial charge in [-0.3, -0.25) is 19.8 Å². The van der Waals surface area contributed by atoms with Crippen LogP contribution >= 0.6 is 0 Å². The largest absolute Gasteiger partial charge is 0.394 e. The molecule has 4 heterocycles. The molecule has 0 bridgehead atoms. The Morgan fingerprint density at radius 3 is 1.47 bits per heavy atom. The molecule has 8 atom stereocenters. The highest BCUT2D eigenvalue weighted by molar-refractivity contribution is 5.98. The molecule has 2 aliphatic heterocycles. The molecular formula is C19H24N6O11. The van der Waals surface area contributed by atoms with Crippen molar-refractivity contribution >= 4 is 17.7 Å². The van der Waals surface area contributed by atoms with Gasteiger partial charge in [-0.15, -0.1) is 0 Å². The maximum absolute atomic E-state index is 12.3. The molecule has 2 amide bonds. The number of carbonyl (C=O) groups excluding carboxylic acids is 1. The monoisotopic (exact) mass is 512 g/mol. The fraction of sp³-hybridized carbons (Fsp3) is 0.526. The summed E-state index contributed by atoms with van der Waals surface area (Å²) in [6.45, 7) is -1.15. The average Bonchev–Trinajstić information content (AvgIpc) is 3.29. The van der Waals surface area contributed by atoms with Gasteiger partial charge < -0.3 is 40.1 Å². The second-order valence-electron chi connectivity index (χ2n) is 8.04. The minimum Gasteiger partial charge on any atom is -0.394 e. The van der Waals surface area contributed by atoms with Gasteiger partial charge in [-0.2, -0.15) is 9.97 Å². The Balaban J connectivity index is 1.41. The lowest BCUT2D eigenvalue weighted by molar-refractivity contribution is -0.0549. The van der Waals surface area contributed by atoms with Crippen molar-refractivity contribution in [1.82, 2.24) is 19.1 Å². The van der Waals surface area contributed by atoms with E-state index in [4.69, 9.17) is 19.7 Å². The molecule has 0 aromatic carbocycles. The van der Waals surface area contributed by atoms with Gasteiger partial charge in [0.15, 0.2) is 12.5 Å². The van der Waals surface area contributed by atoms with E-state index >= 15 is 0 Å². The van der Waals surface area contributed by atoms with Crippen LogP contribution in [0.4, 0.5) is 16.4 Å². The number of aliphatic hydroxyl groups excluding tert-OH is 6. The Hall–Kier alpha value is -3.29. The van der Waals surface area contributed by atoms with E-state index < -0.39 is 79.7 Å². The highest BCUT2D eigenvalue weighted by Gasteiger charge is 2.44. The molecule has 2 saturated heterocycles. The lowest BCUT2D eigenvalue weighted by Gasteiger charge is -2.17. The number of hydrogen-bond acceptors (Lipinski definition) is 13. The molecule has 17 nitrogen and oxygen atoms in total. The van der Waals surface area contributed by atoms with Gasteiger partial charge in [0.05, 0.1) is 13.2 Å². The number of rotatable bonds is 6. The number of aliphatic hydroxyl groups is 6. The van der Waals surface area contributed by atoms with Crippen LogP contribution in [0.15, 0.2) is 34.1 Å². The number of aromatic nitrogens is 4. The molecular weight excluding hydrogens is 488 g/mol. The first-order chi connectivity index (χ1) is 17.1. The van der Waals surface area contributed by atoms with Crippen molar-refractivity contribution in [2.45, 2.75) is 49.1 Å². The number of ether oxygens (including phenoxy) is 2. The molecule has 4 rings (SSSR count). The third kappa shape index (κ3) is 4.86. The fourth-order valence-corrected chi connectivity index (χ4v) is 3.84. The predicted octanol–water partition coefficient (Wildman–Crippen LogP) is -4.33. The Labute approximate surface area is 200 Å². The number of urea groups is 1. The van der Waals surface area contributed by atoms with Crippen molar-refractivity contribution in [3.63, 3.8) is 0 Å². The first-order valence-electron chi connectivity index (χ1n) is 10.7. The molecule has 0 unspecified atom stereocenters. The zero-order valence-electron chi connectivity index (χ0n) is 18.4. The van der Waals surface area contributed by atoms with Crippen LogP contribution in [0.5, 0.6) is 0 Å². The number of nitrogens with one attached hydrogen (secondary N) is 2. The number of hydrogen-bond donors (Lipinski definition) is 8. The summed E-state index contributed by atoms with van der Waals surface area (Å²) in [5.74, 6) is -0.388. The fourth-order valence-electron chi connectivity index (χ4n) is 3.84. The molecule has 17 heteroatoms. The summed E-state index contributed by atoms with van der Waals surface area (Å²) in [7, 11) is 0. The van der Waals surface area contributed by atoms with E-state index in [2.05, 4.69) is 20.6 Å². The normalized spacial score (nSPS) is 31.9. The summed E-state index contributed by atoms with van der Waals surface area (Å²) in [6.07, 6.45) is -8.28. The van der Waals surface area contributed by atoms with Crippen molar-refractivity contribution in [1.29, 1.82) is 0 Å². The van der Waals surface area contributed by atoms with Crippen LogP contribution in [0.25, 0.3) is 0 Å². The summed E-state index contributed by atoms with van der Waals surface area (Å²) in [4.78, 5) is 44.2. The maximum atomic E-state index is 12.3.